The van der Waals surface area contributed by atoms with E-state index in [-0.39, 0.29) is 29.9 Å². The van der Waals surface area contributed by atoms with Crippen molar-refractivity contribution in [3.8, 4) is 0 Å². The van der Waals surface area contributed by atoms with Gasteiger partial charge in [-0.1, -0.05) is 31.2 Å². The van der Waals surface area contributed by atoms with E-state index < -0.39 is 0 Å². The molecule has 2 aliphatic rings. The van der Waals surface area contributed by atoms with Crippen molar-refractivity contribution in [2.45, 2.75) is 44.4 Å². The predicted octanol–water partition coefficient (Wildman–Crippen LogP) is 1.20. The SMILES string of the molecule is CC[C@@H]1NC(=O)[C@@H]2C[C@H](NCc3cccc4cccnc34)CN2C1=O. The molecule has 25 heavy (non-hydrogen) atoms. The Bertz CT molecular complexity index is 817. The summed E-state index contributed by atoms with van der Waals surface area (Å²) in [6, 6.07) is 9.54. The number of amides is 2. The summed E-state index contributed by atoms with van der Waals surface area (Å²) in [6.45, 7) is 3.18. The van der Waals surface area contributed by atoms with Gasteiger partial charge in [0.1, 0.15) is 12.1 Å². The first kappa shape index (κ1) is 16.0. The van der Waals surface area contributed by atoms with Gasteiger partial charge in [-0.3, -0.25) is 14.6 Å². The summed E-state index contributed by atoms with van der Waals surface area (Å²) < 4.78 is 0. The summed E-state index contributed by atoms with van der Waals surface area (Å²) in [4.78, 5) is 30.9. The molecule has 6 nitrogen and oxygen atoms in total. The Balaban J connectivity index is 1.46. The van der Waals surface area contributed by atoms with Crippen LogP contribution < -0.4 is 10.6 Å². The van der Waals surface area contributed by atoms with Crippen LogP contribution in [0.5, 0.6) is 0 Å². The molecule has 2 fully saturated rings. The second-order valence-electron chi connectivity index (χ2n) is 6.78. The van der Waals surface area contributed by atoms with E-state index in [1.165, 1.54) is 0 Å². The van der Waals surface area contributed by atoms with Gasteiger partial charge in [0, 0.05) is 30.7 Å². The van der Waals surface area contributed by atoms with Gasteiger partial charge in [-0.2, -0.15) is 0 Å². The van der Waals surface area contributed by atoms with Gasteiger partial charge in [0.2, 0.25) is 11.8 Å². The lowest BCUT2D eigenvalue weighted by molar-refractivity contribution is -0.147. The van der Waals surface area contributed by atoms with Crippen LogP contribution in [0.1, 0.15) is 25.3 Å². The highest BCUT2D eigenvalue weighted by molar-refractivity contribution is 5.97. The lowest BCUT2D eigenvalue weighted by Gasteiger charge is -2.33. The largest absolute Gasteiger partial charge is 0.343 e. The van der Waals surface area contributed by atoms with Gasteiger partial charge in [0.25, 0.3) is 0 Å². The van der Waals surface area contributed by atoms with Gasteiger partial charge in [-0.05, 0) is 24.5 Å². The summed E-state index contributed by atoms with van der Waals surface area (Å²) in [5.74, 6) is 0.0193. The van der Waals surface area contributed by atoms with Crippen molar-refractivity contribution in [1.82, 2.24) is 20.5 Å². The second kappa shape index (κ2) is 6.44. The van der Waals surface area contributed by atoms with Crippen LogP contribution >= 0.6 is 0 Å². The third kappa shape index (κ3) is 2.87. The lowest BCUT2D eigenvalue weighted by Crippen LogP contribution is -2.60. The number of benzene rings is 1. The minimum atomic E-state index is -0.371. The van der Waals surface area contributed by atoms with E-state index in [4.69, 9.17) is 0 Å². The monoisotopic (exact) mass is 338 g/mol. The fourth-order valence-corrected chi connectivity index (χ4v) is 3.85. The van der Waals surface area contributed by atoms with E-state index in [1.807, 2.05) is 19.1 Å². The maximum Gasteiger partial charge on any atom is 0.245 e. The highest BCUT2D eigenvalue weighted by atomic mass is 16.2. The van der Waals surface area contributed by atoms with Crippen LogP contribution in [0, 0.1) is 0 Å². The molecule has 2 amide bonds. The predicted molar refractivity (Wildman–Crippen MR) is 94.7 cm³/mol. The van der Waals surface area contributed by atoms with Crippen molar-refractivity contribution in [1.29, 1.82) is 0 Å². The Morgan fingerprint density at radius 2 is 2.12 bits per heavy atom. The molecule has 3 atom stereocenters. The zero-order chi connectivity index (χ0) is 17.4. The van der Waals surface area contributed by atoms with Crippen LogP contribution in [0.3, 0.4) is 0 Å². The molecule has 0 saturated carbocycles. The average molecular weight is 338 g/mol. The maximum atomic E-state index is 12.5. The smallest absolute Gasteiger partial charge is 0.245 e. The van der Waals surface area contributed by atoms with Crippen LogP contribution in [0.15, 0.2) is 36.5 Å². The van der Waals surface area contributed by atoms with Gasteiger partial charge in [-0.25, -0.2) is 0 Å². The van der Waals surface area contributed by atoms with E-state index in [9.17, 15) is 9.59 Å². The van der Waals surface area contributed by atoms with Gasteiger partial charge >= 0.3 is 0 Å². The molecule has 0 bridgehead atoms. The van der Waals surface area contributed by atoms with Crippen molar-refractivity contribution in [3.05, 3.63) is 42.1 Å². The Hall–Kier alpha value is -2.47. The van der Waals surface area contributed by atoms with Crippen LogP contribution in [0.25, 0.3) is 10.9 Å². The molecule has 0 radical (unpaired) electrons. The third-order valence-electron chi connectivity index (χ3n) is 5.21. The number of carbonyl (C=O) groups is 2. The van der Waals surface area contributed by atoms with E-state index in [1.54, 1.807) is 11.1 Å². The first-order valence-electron chi connectivity index (χ1n) is 8.84. The Morgan fingerprint density at radius 1 is 1.28 bits per heavy atom. The van der Waals surface area contributed by atoms with Gasteiger partial charge < -0.3 is 15.5 Å². The molecule has 6 heteroatoms. The summed E-state index contributed by atoms with van der Waals surface area (Å²) in [5.41, 5.74) is 2.12. The molecule has 4 rings (SSSR count). The van der Waals surface area contributed by atoms with Crippen LogP contribution in [-0.4, -0.2) is 46.4 Å². The van der Waals surface area contributed by atoms with Gasteiger partial charge in [0.05, 0.1) is 5.52 Å². The molecule has 3 heterocycles. The minimum absolute atomic E-state index is 0.0254. The molecule has 2 aromatic rings. The van der Waals surface area contributed by atoms with Crippen molar-refractivity contribution in [2.24, 2.45) is 0 Å². The van der Waals surface area contributed by atoms with Gasteiger partial charge in [0.15, 0.2) is 0 Å². The molecule has 0 spiro atoms. The quantitative estimate of drug-likeness (QED) is 0.879. The summed E-state index contributed by atoms with van der Waals surface area (Å²) >= 11 is 0. The van der Waals surface area contributed by atoms with E-state index in [0.717, 1.165) is 16.5 Å². The van der Waals surface area contributed by atoms with Crippen molar-refractivity contribution >= 4 is 22.7 Å². The highest BCUT2D eigenvalue weighted by Gasteiger charge is 2.45. The number of pyridine rings is 1. The number of fused-ring (bicyclic) bond motifs is 2. The number of nitrogens with one attached hydrogen (secondary N) is 2. The summed E-state index contributed by atoms with van der Waals surface area (Å²) in [7, 11) is 0. The van der Waals surface area contributed by atoms with E-state index in [0.29, 0.717) is 25.9 Å². The van der Waals surface area contributed by atoms with E-state index in [2.05, 4.69) is 33.8 Å². The number of aromatic nitrogens is 1. The highest BCUT2D eigenvalue weighted by Crippen LogP contribution is 2.24. The molecule has 1 aromatic heterocycles. The normalized spacial score (nSPS) is 26.0. The molecule has 1 aromatic carbocycles. The fourth-order valence-electron chi connectivity index (χ4n) is 3.85. The summed E-state index contributed by atoms with van der Waals surface area (Å²) in [6.07, 6.45) is 3.09. The number of hydrogen-bond acceptors (Lipinski definition) is 4. The molecule has 2 saturated heterocycles. The number of piperazine rings is 1. The minimum Gasteiger partial charge on any atom is -0.343 e. The van der Waals surface area contributed by atoms with Crippen LogP contribution in [-0.2, 0) is 16.1 Å². The molecular weight excluding hydrogens is 316 g/mol. The Kier molecular flexibility index (Phi) is 4.13. The first-order valence-corrected chi connectivity index (χ1v) is 8.84. The topological polar surface area (TPSA) is 74.3 Å². The lowest BCUT2D eigenvalue weighted by atomic mass is 10.1. The zero-order valence-corrected chi connectivity index (χ0v) is 14.2. The van der Waals surface area contributed by atoms with Crippen molar-refractivity contribution < 1.29 is 9.59 Å². The first-order chi connectivity index (χ1) is 12.2. The number of rotatable bonds is 4. The maximum absolute atomic E-state index is 12.5. The second-order valence-corrected chi connectivity index (χ2v) is 6.78. The average Bonchev–Trinajstić information content (AvgIpc) is 3.08. The number of nitrogens with zero attached hydrogens (tertiary/aromatic N) is 2. The van der Waals surface area contributed by atoms with Gasteiger partial charge in [-0.15, -0.1) is 0 Å². The van der Waals surface area contributed by atoms with Crippen molar-refractivity contribution in [3.63, 3.8) is 0 Å². The Labute approximate surface area is 146 Å². The Morgan fingerprint density at radius 3 is 2.96 bits per heavy atom. The molecule has 0 unspecified atom stereocenters. The standard InChI is InChI=1S/C19H22N4O2/c1-2-15-19(25)23-11-14(9-16(23)18(24)22-15)21-10-13-6-3-5-12-7-4-8-20-17(12)13/h3-8,14-16,21H,2,9-11H2,1H3,(H,22,24)/t14-,15-,16-/m0/s1. The fraction of sp³-hybridized carbons (Fsp3) is 0.421. The summed E-state index contributed by atoms with van der Waals surface area (Å²) in [5, 5.41) is 7.46. The number of para-hydroxylation sites is 1. The third-order valence-corrected chi connectivity index (χ3v) is 5.21. The van der Waals surface area contributed by atoms with E-state index >= 15 is 0 Å². The molecule has 2 N–H and O–H groups in total. The number of carbonyl (C=O) groups excluding carboxylic acids is 2. The van der Waals surface area contributed by atoms with Crippen molar-refractivity contribution in [2.75, 3.05) is 6.54 Å². The molecule has 2 aliphatic heterocycles. The zero-order valence-electron chi connectivity index (χ0n) is 14.2. The van der Waals surface area contributed by atoms with Crippen LogP contribution in [0.4, 0.5) is 0 Å². The number of hydrogen-bond donors (Lipinski definition) is 2. The van der Waals surface area contributed by atoms with Crippen LogP contribution in [0.2, 0.25) is 0 Å². The molecule has 0 aliphatic carbocycles. The molecule has 130 valence electrons. The molecular formula is C19H22N4O2.